The van der Waals surface area contributed by atoms with E-state index in [2.05, 4.69) is 15.5 Å². The van der Waals surface area contributed by atoms with Crippen LogP contribution in [0.5, 0.6) is 5.75 Å². The van der Waals surface area contributed by atoms with E-state index in [1.54, 1.807) is 6.07 Å². The van der Waals surface area contributed by atoms with Crippen molar-refractivity contribution in [3.05, 3.63) is 24.0 Å². The van der Waals surface area contributed by atoms with Crippen LogP contribution in [-0.4, -0.2) is 50.6 Å². The Morgan fingerprint density at radius 1 is 1.58 bits per heavy atom. The minimum atomic E-state index is -0.492. The molecule has 1 amide bonds. The fourth-order valence-corrected chi connectivity index (χ4v) is 2.05. The van der Waals surface area contributed by atoms with E-state index in [9.17, 15) is 9.18 Å². The summed E-state index contributed by atoms with van der Waals surface area (Å²) in [7, 11) is 3.37. The number of hydrogen-bond donors (Lipinski definition) is 2. The Bertz CT molecular complexity index is 467. The molecular formula is C13H18FN3O2. The molecule has 19 heavy (non-hydrogen) atoms. The van der Waals surface area contributed by atoms with Crippen LogP contribution in [0.3, 0.4) is 0 Å². The summed E-state index contributed by atoms with van der Waals surface area (Å²) in [5, 5.41) is 5.84. The van der Waals surface area contributed by atoms with Gasteiger partial charge in [0.1, 0.15) is 0 Å². The molecule has 1 atom stereocenters. The highest BCUT2D eigenvalue weighted by atomic mass is 19.1. The first-order chi connectivity index (χ1) is 9.10. The Morgan fingerprint density at radius 3 is 3.00 bits per heavy atom. The molecule has 1 heterocycles. The number of anilines is 1. The summed E-state index contributed by atoms with van der Waals surface area (Å²) < 4.78 is 18.3. The third-order valence-electron chi connectivity index (χ3n) is 3.11. The molecule has 5 nitrogen and oxygen atoms in total. The molecule has 0 saturated carbocycles. The third kappa shape index (κ3) is 3.42. The Kier molecular flexibility index (Phi) is 4.34. The van der Waals surface area contributed by atoms with Crippen LogP contribution in [0, 0.1) is 5.82 Å². The molecule has 6 heteroatoms. The molecule has 1 aromatic rings. The summed E-state index contributed by atoms with van der Waals surface area (Å²) in [6.07, 6.45) is 0. The van der Waals surface area contributed by atoms with Gasteiger partial charge in [-0.1, -0.05) is 0 Å². The smallest absolute Gasteiger partial charge is 0.242 e. The van der Waals surface area contributed by atoms with Gasteiger partial charge in [-0.2, -0.15) is 0 Å². The Morgan fingerprint density at radius 2 is 2.37 bits per heavy atom. The number of piperazine rings is 1. The first-order valence-electron chi connectivity index (χ1n) is 6.16. The Balaban J connectivity index is 2.00. The van der Waals surface area contributed by atoms with Gasteiger partial charge in [0.2, 0.25) is 5.91 Å². The van der Waals surface area contributed by atoms with Crippen LogP contribution in [0.4, 0.5) is 10.1 Å². The first-order valence-corrected chi connectivity index (χ1v) is 6.16. The number of benzene rings is 1. The number of ether oxygens (including phenoxy) is 1. The maximum Gasteiger partial charge on any atom is 0.242 e. The maximum absolute atomic E-state index is 13.5. The fourth-order valence-electron chi connectivity index (χ4n) is 2.05. The van der Waals surface area contributed by atoms with Crippen LogP contribution in [0.15, 0.2) is 18.2 Å². The predicted molar refractivity (Wildman–Crippen MR) is 70.9 cm³/mol. The van der Waals surface area contributed by atoms with E-state index in [0.717, 1.165) is 13.1 Å². The normalized spacial score (nSPS) is 20.1. The highest BCUT2D eigenvalue weighted by Gasteiger charge is 2.23. The average molecular weight is 267 g/mol. The number of likely N-dealkylation sites (N-methyl/N-ethyl adjacent to an activating group) is 1. The van der Waals surface area contributed by atoms with Gasteiger partial charge in [-0.3, -0.25) is 4.79 Å². The molecule has 0 radical (unpaired) electrons. The summed E-state index contributed by atoms with van der Waals surface area (Å²) >= 11 is 0. The van der Waals surface area contributed by atoms with Gasteiger partial charge in [-0.15, -0.1) is 0 Å². The van der Waals surface area contributed by atoms with Crippen molar-refractivity contribution in [1.82, 2.24) is 10.2 Å². The molecule has 0 aromatic heterocycles. The second kappa shape index (κ2) is 5.99. The summed E-state index contributed by atoms with van der Waals surface area (Å²) in [6.45, 7) is 2.33. The minimum absolute atomic E-state index is 0.156. The van der Waals surface area contributed by atoms with Crippen LogP contribution in [0.2, 0.25) is 0 Å². The minimum Gasteiger partial charge on any atom is -0.494 e. The van der Waals surface area contributed by atoms with Crippen LogP contribution in [0.1, 0.15) is 0 Å². The van der Waals surface area contributed by atoms with Crippen molar-refractivity contribution in [2.75, 3.05) is 39.1 Å². The number of carbonyl (C=O) groups excluding carboxylic acids is 1. The van der Waals surface area contributed by atoms with Gasteiger partial charge >= 0.3 is 0 Å². The third-order valence-corrected chi connectivity index (χ3v) is 3.11. The van der Waals surface area contributed by atoms with Crippen molar-refractivity contribution < 1.29 is 13.9 Å². The SMILES string of the molecule is COc1ccc(NC(=O)C2CN(C)CCN2)cc1F. The first kappa shape index (κ1) is 13.8. The van der Waals surface area contributed by atoms with E-state index in [1.165, 1.54) is 19.2 Å². The zero-order valence-corrected chi connectivity index (χ0v) is 11.1. The molecule has 2 N–H and O–H groups in total. The zero-order valence-electron chi connectivity index (χ0n) is 11.1. The predicted octanol–water partition coefficient (Wildman–Crippen LogP) is 0.676. The monoisotopic (exact) mass is 267 g/mol. The molecule has 2 rings (SSSR count). The topological polar surface area (TPSA) is 53.6 Å². The van der Waals surface area contributed by atoms with Crippen molar-refractivity contribution in [2.45, 2.75) is 6.04 Å². The van der Waals surface area contributed by atoms with Crippen molar-refractivity contribution in [3.63, 3.8) is 0 Å². The Labute approximate surface area is 111 Å². The molecule has 104 valence electrons. The largest absolute Gasteiger partial charge is 0.494 e. The molecule has 1 aliphatic heterocycles. The maximum atomic E-state index is 13.5. The summed E-state index contributed by atoms with van der Waals surface area (Å²) in [5.74, 6) is -0.487. The summed E-state index contributed by atoms with van der Waals surface area (Å²) in [4.78, 5) is 14.1. The summed E-state index contributed by atoms with van der Waals surface area (Å²) in [5.41, 5.74) is 0.429. The second-order valence-corrected chi connectivity index (χ2v) is 4.61. The van der Waals surface area contributed by atoms with Crippen LogP contribution >= 0.6 is 0 Å². The van der Waals surface area contributed by atoms with E-state index in [4.69, 9.17) is 4.74 Å². The van der Waals surface area contributed by atoms with E-state index in [1.807, 2.05) is 7.05 Å². The molecule has 1 aromatic carbocycles. The molecule has 1 saturated heterocycles. The fraction of sp³-hybridized carbons (Fsp3) is 0.462. The lowest BCUT2D eigenvalue weighted by atomic mass is 10.2. The van der Waals surface area contributed by atoms with Crippen LogP contribution < -0.4 is 15.4 Å². The highest BCUT2D eigenvalue weighted by Crippen LogP contribution is 2.20. The summed E-state index contributed by atoms with van der Waals surface area (Å²) in [6, 6.07) is 4.09. The zero-order chi connectivity index (χ0) is 13.8. The number of nitrogens with zero attached hydrogens (tertiary/aromatic N) is 1. The van der Waals surface area contributed by atoms with Gasteiger partial charge in [-0.25, -0.2) is 4.39 Å². The van der Waals surface area contributed by atoms with Gasteiger partial charge in [0, 0.05) is 31.4 Å². The standard InChI is InChI=1S/C13H18FN3O2/c1-17-6-5-15-11(8-17)13(18)16-9-3-4-12(19-2)10(14)7-9/h3-4,7,11,15H,5-6,8H2,1-2H3,(H,16,18). The number of nitrogens with one attached hydrogen (secondary N) is 2. The van der Waals surface area contributed by atoms with Gasteiger partial charge in [0.05, 0.1) is 13.2 Å². The lowest BCUT2D eigenvalue weighted by Gasteiger charge is -2.29. The number of methoxy groups -OCH3 is 1. The highest BCUT2D eigenvalue weighted by molar-refractivity contribution is 5.95. The van der Waals surface area contributed by atoms with E-state index >= 15 is 0 Å². The second-order valence-electron chi connectivity index (χ2n) is 4.61. The van der Waals surface area contributed by atoms with Crippen LogP contribution in [-0.2, 0) is 4.79 Å². The van der Waals surface area contributed by atoms with Crippen molar-refractivity contribution in [3.8, 4) is 5.75 Å². The molecule has 0 aliphatic carbocycles. The number of carbonyl (C=O) groups is 1. The van der Waals surface area contributed by atoms with Gasteiger partial charge in [-0.05, 0) is 19.2 Å². The molecule has 0 spiro atoms. The van der Waals surface area contributed by atoms with E-state index in [-0.39, 0.29) is 17.7 Å². The molecule has 0 bridgehead atoms. The van der Waals surface area contributed by atoms with Crippen molar-refractivity contribution in [2.24, 2.45) is 0 Å². The van der Waals surface area contributed by atoms with Crippen LogP contribution in [0.25, 0.3) is 0 Å². The lowest BCUT2D eigenvalue weighted by molar-refractivity contribution is -0.119. The van der Waals surface area contributed by atoms with E-state index < -0.39 is 5.82 Å². The lowest BCUT2D eigenvalue weighted by Crippen LogP contribution is -2.54. The number of hydrogen-bond acceptors (Lipinski definition) is 4. The molecule has 1 aliphatic rings. The number of amides is 1. The quantitative estimate of drug-likeness (QED) is 0.845. The Hall–Kier alpha value is -1.66. The van der Waals surface area contributed by atoms with Crippen molar-refractivity contribution >= 4 is 11.6 Å². The van der Waals surface area contributed by atoms with Crippen molar-refractivity contribution in [1.29, 1.82) is 0 Å². The molecular weight excluding hydrogens is 249 g/mol. The van der Waals surface area contributed by atoms with Gasteiger partial charge < -0.3 is 20.3 Å². The average Bonchev–Trinajstić information content (AvgIpc) is 2.39. The number of rotatable bonds is 3. The van der Waals surface area contributed by atoms with Gasteiger partial charge in [0.15, 0.2) is 11.6 Å². The number of halogens is 1. The molecule has 1 unspecified atom stereocenters. The molecule has 1 fully saturated rings. The van der Waals surface area contributed by atoms with E-state index in [0.29, 0.717) is 12.2 Å². The van der Waals surface area contributed by atoms with Gasteiger partial charge in [0.25, 0.3) is 0 Å².